The fourth-order valence-electron chi connectivity index (χ4n) is 4.85. The van der Waals surface area contributed by atoms with Crippen molar-refractivity contribution in [1.29, 1.82) is 0 Å². The van der Waals surface area contributed by atoms with Crippen LogP contribution in [0.15, 0.2) is 103 Å². The summed E-state index contributed by atoms with van der Waals surface area (Å²) < 4.78 is 0.366. The molecule has 0 aliphatic carbocycles. The van der Waals surface area contributed by atoms with Crippen molar-refractivity contribution < 1.29 is 9.28 Å². The largest absolute Gasteiger partial charge is 0.347 e. The number of carbonyl (C=O) groups is 1. The zero-order valence-electron chi connectivity index (χ0n) is 18.1. The molecule has 1 aliphatic heterocycles. The summed E-state index contributed by atoms with van der Waals surface area (Å²) >= 11 is 0. The maximum Gasteiger partial charge on any atom is 0.347 e. The lowest BCUT2D eigenvalue weighted by atomic mass is 9.98. The highest BCUT2D eigenvalue weighted by atomic mass is 16.2. The highest BCUT2D eigenvalue weighted by molar-refractivity contribution is 5.92. The molecule has 0 fully saturated rings. The van der Waals surface area contributed by atoms with Crippen molar-refractivity contribution in [3.8, 4) is 11.1 Å². The zero-order valence-corrected chi connectivity index (χ0v) is 18.1. The Bertz CT molecular complexity index is 1250. The van der Waals surface area contributed by atoms with E-state index in [-0.39, 0.29) is 5.91 Å². The molecule has 1 amide bonds. The Labute approximate surface area is 189 Å². The number of hydrogen-bond donors (Lipinski definition) is 1. The number of amides is 1. The van der Waals surface area contributed by atoms with Crippen molar-refractivity contribution in [2.45, 2.75) is 26.2 Å². The zero-order chi connectivity index (χ0) is 22.0. The maximum atomic E-state index is 13.9. The molecular formula is C29H27N2O+. The summed E-state index contributed by atoms with van der Waals surface area (Å²) in [7, 11) is 0. The van der Waals surface area contributed by atoms with Crippen LogP contribution in [0.4, 0.5) is 0 Å². The predicted octanol–water partition coefficient (Wildman–Crippen LogP) is 5.68. The Kier molecular flexibility index (Phi) is 5.44. The molecule has 4 aromatic rings. The fourth-order valence-corrected chi connectivity index (χ4v) is 4.85. The van der Waals surface area contributed by atoms with Gasteiger partial charge in [-0.25, -0.2) is 9.28 Å². The monoisotopic (exact) mass is 419 g/mol. The molecule has 2 N–H and O–H groups in total. The number of rotatable bonds is 6. The van der Waals surface area contributed by atoms with Gasteiger partial charge in [0.2, 0.25) is 0 Å². The second-order valence-corrected chi connectivity index (χ2v) is 8.63. The van der Waals surface area contributed by atoms with E-state index in [4.69, 9.17) is 5.73 Å². The SMILES string of the molecule is NCc1ccc(C[N+]2(Cc3ccccc3-c3ccccc3)Cc3ccccc3C2=O)cc1. The Balaban J connectivity index is 1.57. The summed E-state index contributed by atoms with van der Waals surface area (Å²) in [6.07, 6.45) is 0. The Morgan fingerprint density at radius 1 is 0.656 bits per heavy atom. The van der Waals surface area contributed by atoms with E-state index in [1.807, 2.05) is 24.3 Å². The summed E-state index contributed by atoms with van der Waals surface area (Å²) in [6, 6.07) is 35.3. The molecule has 0 saturated heterocycles. The summed E-state index contributed by atoms with van der Waals surface area (Å²) in [5, 5.41) is 0. The van der Waals surface area contributed by atoms with Crippen LogP contribution in [0.25, 0.3) is 11.1 Å². The van der Waals surface area contributed by atoms with Crippen LogP contribution >= 0.6 is 0 Å². The second-order valence-electron chi connectivity index (χ2n) is 8.63. The average Bonchev–Trinajstić information content (AvgIpc) is 3.11. The van der Waals surface area contributed by atoms with Gasteiger partial charge >= 0.3 is 5.91 Å². The minimum atomic E-state index is 0.200. The van der Waals surface area contributed by atoms with Crippen molar-refractivity contribution in [2.24, 2.45) is 5.73 Å². The van der Waals surface area contributed by atoms with Crippen LogP contribution in [0.1, 0.15) is 32.6 Å². The van der Waals surface area contributed by atoms with E-state index in [2.05, 4.69) is 78.9 Å². The third-order valence-corrected chi connectivity index (χ3v) is 6.47. The van der Waals surface area contributed by atoms with Crippen molar-refractivity contribution >= 4 is 5.91 Å². The lowest BCUT2D eigenvalue weighted by Gasteiger charge is -2.32. The van der Waals surface area contributed by atoms with E-state index in [1.54, 1.807) is 0 Å². The van der Waals surface area contributed by atoms with Crippen molar-refractivity contribution in [2.75, 3.05) is 0 Å². The van der Waals surface area contributed by atoms with Crippen molar-refractivity contribution in [3.63, 3.8) is 0 Å². The third-order valence-electron chi connectivity index (χ3n) is 6.47. The summed E-state index contributed by atoms with van der Waals surface area (Å²) in [5.41, 5.74) is 13.6. The first kappa shape index (κ1) is 20.4. The Hall–Kier alpha value is -3.53. The van der Waals surface area contributed by atoms with Gasteiger partial charge in [0.05, 0.1) is 5.56 Å². The average molecular weight is 420 g/mol. The van der Waals surface area contributed by atoms with Crippen LogP contribution in [0.5, 0.6) is 0 Å². The van der Waals surface area contributed by atoms with Gasteiger partial charge in [-0.1, -0.05) is 97.1 Å². The van der Waals surface area contributed by atoms with E-state index in [1.165, 1.54) is 16.7 Å². The second kappa shape index (κ2) is 8.54. The first-order valence-corrected chi connectivity index (χ1v) is 11.1. The van der Waals surface area contributed by atoms with E-state index in [9.17, 15) is 4.79 Å². The molecule has 5 rings (SSSR count). The fraction of sp³-hybridized carbons (Fsp3) is 0.138. The standard InChI is InChI=1S/C29H27N2O/c30-18-22-14-16-23(17-15-22)19-31(21-26-11-5-7-13-28(26)29(31)32)20-25-10-4-6-12-27(25)24-8-2-1-3-9-24/h1-17H,18-21,30H2/q+1. The van der Waals surface area contributed by atoms with Gasteiger partial charge in [-0.3, -0.25) is 0 Å². The van der Waals surface area contributed by atoms with Crippen molar-refractivity contribution in [1.82, 2.24) is 0 Å². The molecule has 32 heavy (non-hydrogen) atoms. The highest BCUT2D eigenvalue weighted by Crippen LogP contribution is 2.36. The number of benzene rings is 4. The molecule has 4 aromatic carbocycles. The molecule has 1 atom stereocenters. The molecule has 158 valence electrons. The maximum absolute atomic E-state index is 13.9. The summed E-state index contributed by atoms with van der Waals surface area (Å²) in [5.74, 6) is 0.200. The van der Waals surface area contributed by atoms with Gasteiger partial charge in [0.25, 0.3) is 0 Å². The van der Waals surface area contributed by atoms with Gasteiger partial charge in [-0.05, 0) is 22.8 Å². The molecule has 1 aliphatic rings. The molecule has 1 unspecified atom stereocenters. The van der Waals surface area contributed by atoms with E-state index in [0.717, 1.165) is 22.3 Å². The molecule has 0 aromatic heterocycles. The number of fused-ring (bicyclic) bond motifs is 1. The van der Waals surface area contributed by atoms with Crippen LogP contribution in [0.2, 0.25) is 0 Å². The van der Waals surface area contributed by atoms with Crippen LogP contribution in [-0.2, 0) is 26.2 Å². The van der Waals surface area contributed by atoms with Gasteiger partial charge in [-0.15, -0.1) is 0 Å². The summed E-state index contributed by atoms with van der Waals surface area (Å²) in [6.45, 7) is 2.53. The first-order valence-electron chi connectivity index (χ1n) is 11.1. The van der Waals surface area contributed by atoms with E-state index in [0.29, 0.717) is 30.7 Å². The first-order chi connectivity index (χ1) is 15.7. The van der Waals surface area contributed by atoms with Gasteiger partial charge in [0, 0.05) is 23.2 Å². The van der Waals surface area contributed by atoms with E-state index < -0.39 is 0 Å². The number of carbonyl (C=O) groups excluding carboxylic acids is 1. The minimum Gasteiger partial charge on any atom is -0.326 e. The Morgan fingerprint density at radius 3 is 2.00 bits per heavy atom. The van der Waals surface area contributed by atoms with Crippen LogP contribution < -0.4 is 5.73 Å². The summed E-state index contributed by atoms with van der Waals surface area (Å²) in [4.78, 5) is 13.9. The topological polar surface area (TPSA) is 43.1 Å². The van der Waals surface area contributed by atoms with Crippen molar-refractivity contribution in [3.05, 3.63) is 131 Å². The Morgan fingerprint density at radius 2 is 1.28 bits per heavy atom. The lowest BCUT2D eigenvalue weighted by molar-refractivity contribution is -0.885. The van der Waals surface area contributed by atoms with E-state index >= 15 is 0 Å². The van der Waals surface area contributed by atoms with Gasteiger partial charge in [0.15, 0.2) is 0 Å². The smallest absolute Gasteiger partial charge is 0.326 e. The quantitative estimate of drug-likeness (QED) is 0.408. The molecule has 0 spiro atoms. The molecule has 0 saturated carbocycles. The molecule has 0 radical (unpaired) electrons. The van der Waals surface area contributed by atoms with Crippen LogP contribution in [0.3, 0.4) is 0 Å². The van der Waals surface area contributed by atoms with Gasteiger partial charge < -0.3 is 5.73 Å². The highest BCUT2D eigenvalue weighted by Gasteiger charge is 2.45. The molecular weight excluding hydrogens is 392 g/mol. The van der Waals surface area contributed by atoms with Gasteiger partial charge in [0.1, 0.15) is 19.6 Å². The molecule has 0 bridgehead atoms. The van der Waals surface area contributed by atoms with Gasteiger partial charge in [-0.2, -0.15) is 0 Å². The predicted molar refractivity (Wildman–Crippen MR) is 128 cm³/mol. The third kappa shape index (κ3) is 3.77. The number of nitrogens with two attached hydrogens (primary N) is 1. The lowest BCUT2D eigenvalue weighted by Crippen LogP contribution is -2.46. The number of quaternary nitrogens is 1. The normalized spacial score (nSPS) is 17.3. The molecule has 3 heteroatoms. The number of nitrogens with zero attached hydrogens (tertiary/aromatic N) is 1. The molecule has 1 heterocycles. The van der Waals surface area contributed by atoms with Crippen LogP contribution in [0, 0.1) is 0 Å². The number of hydrogen-bond acceptors (Lipinski definition) is 2. The molecule has 3 nitrogen and oxygen atoms in total. The van der Waals surface area contributed by atoms with Crippen LogP contribution in [-0.4, -0.2) is 10.4 Å². The minimum absolute atomic E-state index is 0.200.